The number of carbonyl (C=O) groups excluding carboxylic acids is 1. The molecule has 0 aliphatic rings. The molecule has 0 aliphatic carbocycles. The van der Waals surface area contributed by atoms with Crippen molar-refractivity contribution in [3.8, 4) is 5.75 Å². The van der Waals surface area contributed by atoms with Crippen LogP contribution in [0.5, 0.6) is 5.75 Å². The van der Waals surface area contributed by atoms with Gasteiger partial charge in [0, 0.05) is 13.6 Å². The molecule has 29 heavy (non-hydrogen) atoms. The number of ether oxygens (including phenoxy) is 1. The molecule has 0 aliphatic heterocycles. The number of thiazole rings is 1. The third-order valence-corrected chi connectivity index (χ3v) is 6.16. The number of carbonyl (C=O) groups is 1. The topological polar surface area (TPSA) is 59.7 Å². The van der Waals surface area contributed by atoms with E-state index >= 15 is 0 Å². The number of amides is 1. The summed E-state index contributed by atoms with van der Waals surface area (Å²) in [5.41, 5.74) is 1.84. The first kappa shape index (κ1) is 19.6. The van der Waals surface area contributed by atoms with Crippen LogP contribution < -0.4 is 4.74 Å². The summed E-state index contributed by atoms with van der Waals surface area (Å²) >= 11 is 2.89. The maximum atomic E-state index is 12.5. The van der Waals surface area contributed by atoms with Crippen molar-refractivity contribution in [3.63, 3.8) is 0 Å². The Hall–Kier alpha value is -2.72. The van der Waals surface area contributed by atoms with Crippen molar-refractivity contribution in [2.75, 3.05) is 12.8 Å². The van der Waals surface area contributed by atoms with Gasteiger partial charge in [0.05, 0.1) is 16.0 Å². The molecule has 4 rings (SSSR count). The van der Waals surface area contributed by atoms with Crippen LogP contribution in [-0.4, -0.2) is 44.8 Å². The lowest BCUT2D eigenvalue weighted by atomic mass is 10.2. The van der Waals surface area contributed by atoms with Crippen LogP contribution in [0.4, 0.5) is 8.78 Å². The summed E-state index contributed by atoms with van der Waals surface area (Å²) in [5, 5.41) is 9.06. The molecule has 1 amide bonds. The number of alkyl halides is 2. The third kappa shape index (κ3) is 4.33. The number of hydrogen-bond donors (Lipinski definition) is 0. The van der Waals surface area contributed by atoms with Crippen molar-refractivity contribution < 1.29 is 18.3 Å². The molecule has 2 aromatic carbocycles. The number of benzene rings is 2. The summed E-state index contributed by atoms with van der Waals surface area (Å²) in [6, 6.07) is 14.2. The SMILES string of the molecule is CN(Cc1ccc(OC(F)F)cc1)C(=O)CSc1nnc2sc3ccccc3n12. The maximum absolute atomic E-state index is 12.5. The van der Waals surface area contributed by atoms with Gasteiger partial charge in [-0.25, -0.2) is 0 Å². The van der Waals surface area contributed by atoms with Crippen LogP contribution in [0.1, 0.15) is 5.56 Å². The molecule has 0 N–H and O–H groups in total. The second-order valence-corrected chi connectivity index (χ2v) is 8.18. The number of hydrogen-bond acceptors (Lipinski definition) is 6. The Bertz CT molecular complexity index is 1140. The van der Waals surface area contributed by atoms with Crippen molar-refractivity contribution in [3.05, 3.63) is 54.1 Å². The molecule has 150 valence electrons. The second kappa shape index (κ2) is 8.34. The maximum Gasteiger partial charge on any atom is 0.387 e. The van der Waals surface area contributed by atoms with E-state index in [2.05, 4.69) is 14.9 Å². The Morgan fingerprint density at radius 3 is 2.72 bits per heavy atom. The number of rotatable bonds is 7. The standard InChI is InChI=1S/C19H16F2N4O2S2/c1-24(10-12-6-8-13(9-7-12)27-17(20)21)16(26)11-28-18-22-23-19-25(18)14-4-2-3-5-15(14)29-19/h2-9,17H,10-11H2,1H3. The van der Waals surface area contributed by atoms with Gasteiger partial charge in [0.1, 0.15) is 5.75 Å². The van der Waals surface area contributed by atoms with Gasteiger partial charge in [-0.05, 0) is 29.8 Å². The Morgan fingerprint density at radius 2 is 1.97 bits per heavy atom. The molecule has 6 nitrogen and oxygen atoms in total. The predicted octanol–water partition coefficient (Wildman–Crippen LogP) is 4.30. The van der Waals surface area contributed by atoms with Gasteiger partial charge in [-0.15, -0.1) is 10.2 Å². The average molecular weight is 434 g/mol. The first-order valence-electron chi connectivity index (χ1n) is 8.64. The molecular weight excluding hydrogens is 418 g/mol. The molecule has 0 unspecified atom stereocenters. The highest BCUT2D eigenvalue weighted by Crippen LogP contribution is 2.29. The lowest BCUT2D eigenvalue weighted by molar-refractivity contribution is -0.127. The van der Waals surface area contributed by atoms with Crippen LogP contribution in [0.15, 0.2) is 53.7 Å². The lowest BCUT2D eigenvalue weighted by Gasteiger charge is -2.17. The Kier molecular flexibility index (Phi) is 5.63. The summed E-state index contributed by atoms with van der Waals surface area (Å²) in [5.74, 6) is 0.236. The number of fused-ring (bicyclic) bond motifs is 3. The van der Waals surface area contributed by atoms with E-state index in [4.69, 9.17) is 0 Å². The average Bonchev–Trinajstić information content (AvgIpc) is 3.26. The zero-order valence-electron chi connectivity index (χ0n) is 15.3. The summed E-state index contributed by atoms with van der Waals surface area (Å²) in [7, 11) is 1.70. The number of nitrogens with zero attached hydrogens (tertiary/aromatic N) is 4. The molecule has 0 saturated carbocycles. The molecule has 0 saturated heterocycles. The van der Waals surface area contributed by atoms with E-state index in [1.54, 1.807) is 35.4 Å². The fraction of sp³-hybridized carbons (Fsp3) is 0.211. The van der Waals surface area contributed by atoms with Gasteiger partial charge in [0.15, 0.2) is 5.16 Å². The molecule has 0 fully saturated rings. The Balaban J connectivity index is 1.39. The third-order valence-electron chi connectivity index (χ3n) is 4.23. The monoisotopic (exact) mass is 434 g/mol. The highest BCUT2D eigenvalue weighted by atomic mass is 32.2. The van der Waals surface area contributed by atoms with Gasteiger partial charge in [-0.3, -0.25) is 9.20 Å². The second-order valence-electron chi connectivity index (χ2n) is 6.23. The highest BCUT2D eigenvalue weighted by Gasteiger charge is 2.16. The van der Waals surface area contributed by atoms with Gasteiger partial charge < -0.3 is 9.64 Å². The van der Waals surface area contributed by atoms with Gasteiger partial charge in [-0.2, -0.15) is 8.78 Å². The van der Waals surface area contributed by atoms with Crippen LogP contribution in [0.3, 0.4) is 0 Å². The first-order valence-corrected chi connectivity index (χ1v) is 10.4. The zero-order chi connectivity index (χ0) is 20.4. The van der Waals surface area contributed by atoms with Crippen molar-refractivity contribution in [2.24, 2.45) is 0 Å². The summed E-state index contributed by atoms with van der Waals surface area (Å²) in [6.45, 7) is -2.49. The molecule has 0 spiro atoms. The lowest BCUT2D eigenvalue weighted by Crippen LogP contribution is -2.27. The quantitative estimate of drug-likeness (QED) is 0.406. The predicted molar refractivity (Wildman–Crippen MR) is 109 cm³/mol. The van der Waals surface area contributed by atoms with Crippen LogP contribution in [0.2, 0.25) is 0 Å². The smallest absolute Gasteiger partial charge is 0.387 e. The molecular formula is C19H16F2N4O2S2. The molecule has 0 bridgehead atoms. The van der Waals surface area contributed by atoms with E-state index in [9.17, 15) is 13.6 Å². The van der Waals surface area contributed by atoms with Crippen molar-refractivity contribution >= 4 is 44.2 Å². The molecule has 2 aromatic heterocycles. The Labute approximate surface area is 173 Å². The number of aromatic nitrogens is 3. The minimum atomic E-state index is -2.86. The van der Waals surface area contributed by atoms with Crippen LogP contribution in [-0.2, 0) is 11.3 Å². The molecule has 4 aromatic rings. The van der Waals surface area contributed by atoms with E-state index in [1.807, 2.05) is 28.7 Å². The van der Waals surface area contributed by atoms with Crippen LogP contribution >= 0.6 is 23.1 Å². The summed E-state index contributed by atoms with van der Waals surface area (Å²) in [4.78, 5) is 14.9. The number of halogens is 2. The fourth-order valence-corrected chi connectivity index (χ4v) is 4.73. The first-order chi connectivity index (χ1) is 14.0. The van der Waals surface area contributed by atoms with Crippen LogP contribution in [0, 0.1) is 0 Å². The van der Waals surface area contributed by atoms with Crippen molar-refractivity contribution in [2.45, 2.75) is 18.3 Å². The molecule has 2 heterocycles. The van der Waals surface area contributed by atoms with E-state index in [0.717, 1.165) is 20.7 Å². The van der Waals surface area contributed by atoms with Gasteiger partial charge in [0.25, 0.3) is 0 Å². The van der Waals surface area contributed by atoms with Crippen molar-refractivity contribution in [1.82, 2.24) is 19.5 Å². The van der Waals surface area contributed by atoms with Gasteiger partial charge >= 0.3 is 6.61 Å². The normalized spacial score (nSPS) is 11.4. The number of thioether (sulfide) groups is 1. The molecule has 10 heteroatoms. The van der Waals surface area contributed by atoms with E-state index in [-0.39, 0.29) is 17.4 Å². The van der Waals surface area contributed by atoms with Crippen LogP contribution in [0.25, 0.3) is 15.2 Å². The Morgan fingerprint density at radius 1 is 1.21 bits per heavy atom. The highest BCUT2D eigenvalue weighted by molar-refractivity contribution is 7.99. The minimum Gasteiger partial charge on any atom is -0.435 e. The zero-order valence-corrected chi connectivity index (χ0v) is 16.9. The van der Waals surface area contributed by atoms with E-state index < -0.39 is 6.61 Å². The van der Waals surface area contributed by atoms with Crippen molar-refractivity contribution in [1.29, 1.82) is 0 Å². The summed E-state index contributed by atoms with van der Waals surface area (Å²) < 4.78 is 31.8. The fourth-order valence-electron chi connectivity index (χ4n) is 2.82. The number of para-hydroxylation sites is 1. The summed E-state index contributed by atoms with van der Waals surface area (Å²) in [6.07, 6.45) is 0. The largest absolute Gasteiger partial charge is 0.435 e. The molecule has 0 radical (unpaired) electrons. The minimum absolute atomic E-state index is 0.0702. The molecule has 0 atom stereocenters. The van der Waals surface area contributed by atoms with Gasteiger partial charge in [0.2, 0.25) is 10.9 Å². The van der Waals surface area contributed by atoms with E-state index in [1.165, 1.54) is 23.9 Å². The van der Waals surface area contributed by atoms with E-state index in [0.29, 0.717) is 11.7 Å². The van der Waals surface area contributed by atoms with Gasteiger partial charge in [-0.1, -0.05) is 47.4 Å².